The largest absolute Gasteiger partial charge is 0.508 e. The normalized spacial score (nSPS) is 9.90. The van der Waals surface area contributed by atoms with Gasteiger partial charge in [0.15, 0.2) is 0 Å². The molecule has 0 aliphatic carbocycles. The second-order valence-electron chi connectivity index (χ2n) is 4.45. The summed E-state index contributed by atoms with van der Waals surface area (Å²) in [4.78, 5) is 11.6. The Morgan fingerprint density at radius 2 is 1.90 bits per heavy atom. The van der Waals surface area contributed by atoms with E-state index in [-0.39, 0.29) is 11.8 Å². The predicted molar refractivity (Wildman–Crippen MR) is 81.7 cm³/mol. The van der Waals surface area contributed by atoms with Crippen LogP contribution in [0.15, 0.2) is 54.6 Å². The van der Waals surface area contributed by atoms with Crippen LogP contribution in [0.1, 0.15) is 6.42 Å². The first-order valence-corrected chi connectivity index (χ1v) is 6.76. The summed E-state index contributed by atoms with van der Waals surface area (Å²) < 4.78 is 5.52. The molecule has 0 atom stereocenters. The van der Waals surface area contributed by atoms with Crippen molar-refractivity contribution in [3.05, 3.63) is 54.6 Å². The number of anilines is 1. The van der Waals surface area contributed by atoms with E-state index in [0.717, 1.165) is 5.75 Å². The van der Waals surface area contributed by atoms with E-state index in [4.69, 9.17) is 4.74 Å². The highest BCUT2D eigenvalue weighted by atomic mass is 16.5. The lowest BCUT2D eigenvalue weighted by atomic mass is 10.3. The third-order valence-corrected chi connectivity index (χ3v) is 2.72. The number of nitrogens with one attached hydrogen (secondary N) is 2. The average molecular weight is 286 g/mol. The van der Waals surface area contributed by atoms with Crippen LogP contribution in [0.4, 0.5) is 10.5 Å². The summed E-state index contributed by atoms with van der Waals surface area (Å²) >= 11 is 0. The van der Waals surface area contributed by atoms with Gasteiger partial charge in [0, 0.05) is 18.3 Å². The van der Waals surface area contributed by atoms with Gasteiger partial charge in [0.2, 0.25) is 0 Å². The zero-order valence-corrected chi connectivity index (χ0v) is 11.6. The van der Waals surface area contributed by atoms with Crippen molar-refractivity contribution in [2.45, 2.75) is 6.42 Å². The molecule has 0 radical (unpaired) electrons. The molecule has 0 unspecified atom stereocenters. The molecule has 2 aromatic rings. The maximum absolute atomic E-state index is 11.6. The Balaban J connectivity index is 1.61. The van der Waals surface area contributed by atoms with Gasteiger partial charge in [0.25, 0.3) is 0 Å². The third kappa shape index (κ3) is 5.44. The van der Waals surface area contributed by atoms with Crippen molar-refractivity contribution in [2.75, 3.05) is 18.5 Å². The van der Waals surface area contributed by atoms with Gasteiger partial charge in [-0.15, -0.1) is 0 Å². The Morgan fingerprint density at radius 1 is 1.10 bits per heavy atom. The number of hydrogen-bond donors (Lipinski definition) is 3. The van der Waals surface area contributed by atoms with Crippen LogP contribution in [0.2, 0.25) is 0 Å². The van der Waals surface area contributed by atoms with Crippen LogP contribution in [0.3, 0.4) is 0 Å². The molecule has 3 N–H and O–H groups in total. The Morgan fingerprint density at radius 3 is 2.67 bits per heavy atom. The first kappa shape index (κ1) is 14.7. The highest BCUT2D eigenvalue weighted by molar-refractivity contribution is 5.89. The van der Waals surface area contributed by atoms with E-state index < -0.39 is 0 Å². The van der Waals surface area contributed by atoms with Crippen molar-refractivity contribution in [3.63, 3.8) is 0 Å². The van der Waals surface area contributed by atoms with Gasteiger partial charge < -0.3 is 20.5 Å². The Bertz CT molecular complexity index is 573. The highest BCUT2D eigenvalue weighted by Crippen LogP contribution is 2.14. The molecule has 0 aliphatic rings. The Labute approximate surface area is 123 Å². The van der Waals surface area contributed by atoms with E-state index in [2.05, 4.69) is 10.6 Å². The molecule has 110 valence electrons. The second-order valence-corrected chi connectivity index (χ2v) is 4.45. The summed E-state index contributed by atoms with van der Waals surface area (Å²) in [6, 6.07) is 15.6. The number of phenolic OH excluding ortho intramolecular Hbond substituents is 1. The number of carbonyl (C=O) groups is 1. The Kier molecular flexibility index (Phi) is 5.46. The van der Waals surface area contributed by atoms with E-state index in [1.54, 1.807) is 18.2 Å². The fourth-order valence-electron chi connectivity index (χ4n) is 1.74. The van der Waals surface area contributed by atoms with Crippen molar-refractivity contribution in [3.8, 4) is 11.5 Å². The minimum Gasteiger partial charge on any atom is -0.508 e. The number of benzene rings is 2. The number of para-hydroxylation sites is 1. The third-order valence-electron chi connectivity index (χ3n) is 2.72. The molecule has 21 heavy (non-hydrogen) atoms. The number of rotatable bonds is 6. The number of urea groups is 1. The molecule has 0 bridgehead atoms. The Hall–Kier alpha value is -2.69. The van der Waals surface area contributed by atoms with Crippen molar-refractivity contribution in [1.82, 2.24) is 5.32 Å². The van der Waals surface area contributed by atoms with E-state index in [1.165, 1.54) is 6.07 Å². The quantitative estimate of drug-likeness (QED) is 0.715. The smallest absolute Gasteiger partial charge is 0.319 e. The molecule has 2 aromatic carbocycles. The van der Waals surface area contributed by atoms with Gasteiger partial charge in [-0.25, -0.2) is 4.79 Å². The van der Waals surface area contributed by atoms with E-state index >= 15 is 0 Å². The summed E-state index contributed by atoms with van der Waals surface area (Å²) in [7, 11) is 0. The molecule has 0 aromatic heterocycles. The fraction of sp³-hybridized carbons (Fsp3) is 0.188. The predicted octanol–water partition coefficient (Wildman–Crippen LogP) is 2.98. The number of aromatic hydroxyl groups is 1. The van der Waals surface area contributed by atoms with Gasteiger partial charge in [0.1, 0.15) is 11.5 Å². The minimum atomic E-state index is -0.305. The minimum absolute atomic E-state index is 0.115. The van der Waals surface area contributed by atoms with Crippen molar-refractivity contribution in [1.29, 1.82) is 0 Å². The molecule has 0 heterocycles. The molecule has 0 fully saturated rings. The van der Waals surface area contributed by atoms with E-state index in [9.17, 15) is 9.90 Å². The van der Waals surface area contributed by atoms with Gasteiger partial charge in [-0.05, 0) is 30.7 Å². The molecule has 5 heteroatoms. The van der Waals surface area contributed by atoms with Crippen LogP contribution in [0.25, 0.3) is 0 Å². The standard InChI is InChI=1S/C16H18N2O3/c19-14-7-4-6-13(12-14)18-16(20)17-10-5-11-21-15-8-2-1-3-9-15/h1-4,6-9,12,19H,5,10-11H2,(H2,17,18,20). The number of hydrogen-bond acceptors (Lipinski definition) is 3. The lowest BCUT2D eigenvalue weighted by molar-refractivity contribution is 0.250. The first-order valence-electron chi connectivity index (χ1n) is 6.76. The molecular formula is C16H18N2O3. The monoisotopic (exact) mass is 286 g/mol. The summed E-state index contributed by atoms with van der Waals surface area (Å²) in [6.07, 6.45) is 0.711. The number of amides is 2. The van der Waals surface area contributed by atoms with Crippen LogP contribution in [0, 0.1) is 0 Å². The summed E-state index contributed by atoms with van der Waals surface area (Å²) in [6.45, 7) is 1.05. The number of ether oxygens (including phenoxy) is 1. The zero-order valence-electron chi connectivity index (χ0n) is 11.6. The zero-order chi connectivity index (χ0) is 14.9. The van der Waals surface area contributed by atoms with Gasteiger partial charge in [-0.2, -0.15) is 0 Å². The van der Waals surface area contributed by atoms with Crippen molar-refractivity contribution >= 4 is 11.7 Å². The molecule has 0 aliphatic heterocycles. The maximum atomic E-state index is 11.6. The molecular weight excluding hydrogens is 268 g/mol. The fourth-order valence-corrected chi connectivity index (χ4v) is 1.74. The first-order chi connectivity index (χ1) is 10.2. The van der Waals surface area contributed by atoms with E-state index in [1.807, 2.05) is 30.3 Å². The van der Waals surface area contributed by atoms with Crippen LogP contribution >= 0.6 is 0 Å². The lowest BCUT2D eigenvalue weighted by Crippen LogP contribution is -2.30. The SMILES string of the molecule is O=C(NCCCOc1ccccc1)Nc1cccc(O)c1. The number of carbonyl (C=O) groups excluding carboxylic acids is 1. The molecule has 0 saturated carbocycles. The molecule has 2 amide bonds. The summed E-state index contributed by atoms with van der Waals surface area (Å²) in [5.74, 6) is 0.936. The van der Waals surface area contributed by atoms with Crippen LogP contribution < -0.4 is 15.4 Å². The summed E-state index contributed by atoms with van der Waals surface area (Å²) in [5, 5.41) is 14.7. The van der Waals surface area contributed by atoms with Crippen molar-refractivity contribution < 1.29 is 14.6 Å². The van der Waals surface area contributed by atoms with Gasteiger partial charge >= 0.3 is 6.03 Å². The molecule has 0 saturated heterocycles. The van der Waals surface area contributed by atoms with E-state index in [0.29, 0.717) is 25.3 Å². The van der Waals surface area contributed by atoms with Crippen molar-refractivity contribution in [2.24, 2.45) is 0 Å². The molecule has 5 nitrogen and oxygen atoms in total. The highest BCUT2D eigenvalue weighted by Gasteiger charge is 2.01. The van der Waals surface area contributed by atoms with Gasteiger partial charge in [0.05, 0.1) is 6.61 Å². The topological polar surface area (TPSA) is 70.6 Å². The molecule has 0 spiro atoms. The number of phenols is 1. The maximum Gasteiger partial charge on any atom is 0.319 e. The average Bonchev–Trinajstić information content (AvgIpc) is 2.48. The molecule has 2 rings (SSSR count). The van der Waals surface area contributed by atoms with Gasteiger partial charge in [-0.3, -0.25) is 0 Å². The summed E-state index contributed by atoms with van der Waals surface area (Å²) in [5.41, 5.74) is 0.549. The lowest BCUT2D eigenvalue weighted by Gasteiger charge is -2.09. The van der Waals surface area contributed by atoms with Crippen LogP contribution in [-0.2, 0) is 0 Å². The van der Waals surface area contributed by atoms with Crippen LogP contribution in [0.5, 0.6) is 11.5 Å². The van der Waals surface area contributed by atoms with Crippen LogP contribution in [-0.4, -0.2) is 24.3 Å². The second kappa shape index (κ2) is 7.79. The van der Waals surface area contributed by atoms with Gasteiger partial charge in [-0.1, -0.05) is 24.3 Å².